The molecule has 0 fully saturated rings. The van der Waals surface area contributed by atoms with E-state index in [9.17, 15) is 9.59 Å². The minimum Gasteiger partial charge on any atom is -0.428 e. The van der Waals surface area contributed by atoms with E-state index in [-0.39, 0.29) is 6.42 Å². The van der Waals surface area contributed by atoms with Crippen LogP contribution in [0.3, 0.4) is 0 Å². The number of nitrogens with zero attached hydrogens (tertiary/aromatic N) is 1. The van der Waals surface area contributed by atoms with E-state index in [1.54, 1.807) is 31.7 Å². The molecule has 0 aromatic carbocycles. The van der Waals surface area contributed by atoms with Crippen molar-refractivity contribution < 1.29 is 19.1 Å². The summed E-state index contributed by atoms with van der Waals surface area (Å²) < 4.78 is 9.33. The number of hydrogen-bond donors (Lipinski definition) is 1. The van der Waals surface area contributed by atoms with Crippen LogP contribution < -0.4 is 5.73 Å². The van der Waals surface area contributed by atoms with Crippen LogP contribution in [0.25, 0.3) is 0 Å². The largest absolute Gasteiger partial charge is 0.516 e. The smallest absolute Gasteiger partial charge is 0.428 e. The molecule has 2 N–H and O–H groups in total. The number of aromatic nitrogens is 1. The summed E-state index contributed by atoms with van der Waals surface area (Å²) >= 11 is 1.40. The zero-order chi connectivity index (χ0) is 13.8. The molecule has 100 valence electrons. The third-order valence-electron chi connectivity index (χ3n) is 1.79. The van der Waals surface area contributed by atoms with E-state index in [0.29, 0.717) is 5.69 Å². The highest BCUT2D eigenvalue weighted by Gasteiger charge is 2.24. The Morgan fingerprint density at radius 3 is 2.67 bits per heavy atom. The molecule has 0 unspecified atom stereocenters. The molecule has 7 heteroatoms. The molecule has 0 amide bonds. The third kappa shape index (κ3) is 5.24. The standard InChI is InChI=1S/C11H16N2O4S/c1-11(2,3)17-10(15)16-9(14)8(12)4-7-5-18-6-13-7/h5-6,8H,4,12H2,1-3H3/t8-/m0/s1. The number of carbonyl (C=O) groups is 2. The lowest BCUT2D eigenvalue weighted by Crippen LogP contribution is -2.37. The summed E-state index contributed by atoms with van der Waals surface area (Å²) in [7, 11) is 0. The molecule has 6 nitrogen and oxygen atoms in total. The van der Waals surface area contributed by atoms with E-state index in [2.05, 4.69) is 9.72 Å². The van der Waals surface area contributed by atoms with Crippen LogP contribution in [0.1, 0.15) is 26.5 Å². The maximum Gasteiger partial charge on any atom is 0.516 e. The summed E-state index contributed by atoms with van der Waals surface area (Å²) in [4.78, 5) is 26.7. The van der Waals surface area contributed by atoms with E-state index in [1.807, 2.05) is 0 Å². The lowest BCUT2D eigenvalue weighted by atomic mass is 10.2. The lowest BCUT2D eigenvalue weighted by Gasteiger charge is -2.18. The minimum atomic E-state index is -1.04. The Balaban J connectivity index is 2.43. The van der Waals surface area contributed by atoms with Crippen molar-refractivity contribution >= 4 is 23.5 Å². The molecule has 1 heterocycles. The van der Waals surface area contributed by atoms with Crippen LogP contribution in [0.4, 0.5) is 4.79 Å². The molecule has 0 radical (unpaired) electrons. The minimum absolute atomic E-state index is 0.227. The van der Waals surface area contributed by atoms with Gasteiger partial charge in [0.25, 0.3) is 0 Å². The zero-order valence-corrected chi connectivity index (χ0v) is 11.3. The van der Waals surface area contributed by atoms with Crippen molar-refractivity contribution in [3.8, 4) is 0 Å². The molecule has 1 aromatic rings. The van der Waals surface area contributed by atoms with Gasteiger partial charge in [-0.05, 0) is 20.8 Å². The van der Waals surface area contributed by atoms with Gasteiger partial charge < -0.3 is 15.2 Å². The molecule has 0 aliphatic heterocycles. The van der Waals surface area contributed by atoms with Crippen LogP contribution >= 0.6 is 11.3 Å². The highest BCUT2D eigenvalue weighted by molar-refractivity contribution is 7.07. The monoisotopic (exact) mass is 272 g/mol. The van der Waals surface area contributed by atoms with Crippen molar-refractivity contribution in [1.82, 2.24) is 4.98 Å². The molecular weight excluding hydrogens is 256 g/mol. The summed E-state index contributed by atoms with van der Waals surface area (Å²) in [6.07, 6.45) is -0.813. The quantitative estimate of drug-likeness (QED) is 0.662. The van der Waals surface area contributed by atoms with Gasteiger partial charge in [0.1, 0.15) is 11.6 Å². The number of nitrogens with two attached hydrogens (primary N) is 1. The van der Waals surface area contributed by atoms with Crippen LogP contribution in [0, 0.1) is 0 Å². The highest BCUT2D eigenvalue weighted by atomic mass is 32.1. The Labute approximate surface area is 109 Å². The molecule has 0 aliphatic carbocycles. The molecular formula is C11H16N2O4S. The lowest BCUT2D eigenvalue weighted by molar-refractivity contribution is -0.142. The Morgan fingerprint density at radius 1 is 1.50 bits per heavy atom. The summed E-state index contributed by atoms with van der Waals surface area (Å²) in [5.74, 6) is -0.822. The van der Waals surface area contributed by atoms with Gasteiger partial charge >= 0.3 is 12.1 Å². The Kier molecular flexibility index (Phi) is 4.80. The van der Waals surface area contributed by atoms with Crippen LogP contribution in [0.2, 0.25) is 0 Å². The van der Waals surface area contributed by atoms with E-state index < -0.39 is 23.8 Å². The molecule has 0 spiro atoms. The van der Waals surface area contributed by atoms with Gasteiger partial charge in [0.2, 0.25) is 0 Å². The number of ether oxygens (including phenoxy) is 2. The predicted octanol–water partition coefficient (Wildman–Crippen LogP) is 1.49. The van der Waals surface area contributed by atoms with Crippen molar-refractivity contribution in [3.05, 3.63) is 16.6 Å². The van der Waals surface area contributed by atoms with Gasteiger partial charge in [-0.25, -0.2) is 14.6 Å². The van der Waals surface area contributed by atoms with Gasteiger partial charge in [-0.2, -0.15) is 0 Å². The fraction of sp³-hybridized carbons (Fsp3) is 0.545. The second-order valence-electron chi connectivity index (χ2n) is 4.68. The van der Waals surface area contributed by atoms with Crippen LogP contribution in [0.5, 0.6) is 0 Å². The first-order valence-corrected chi connectivity index (χ1v) is 6.29. The second-order valence-corrected chi connectivity index (χ2v) is 5.39. The summed E-state index contributed by atoms with van der Waals surface area (Å²) in [6, 6.07) is -0.931. The van der Waals surface area contributed by atoms with Gasteiger partial charge in [-0.3, -0.25) is 0 Å². The summed E-state index contributed by atoms with van der Waals surface area (Å²) in [5.41, 5.74) is 7.22. The fourth-order valence-electron chi connectivity index (χ4n) is 1.08. The van der Waals surface area contributed by atoms with Crippen molar-refractivity contribution in [2.75, 3.05) is 0 Å². The van der Waals surface area contributed by atoms with E-state index >= 15 is 0 Å². The molecule has 1 aromatic heterocycles. The van der Waals surface area contributed by atoms with Crippen molar-refractivity contribution in [2.45, 2.75) is 38.8 Å². The number of thiazole rings is 1. The first-order valence-electron chi connectivity index (χ1n) is 5.35. The van der Waals surface area contributed by atoms with Gasteiger partial charge in [0.15, 0.2) is 0 Å². The average molecular weight is 272 g/mol. The zero-order valence-electron chi connectivity index (χ0n) is 10.5. The summed E-state index contributed by atoms with van der Waals surface area (Å²) in [6.45, 7) is 5.02. The Hall–Kier alpha value is -1.47. The van der Waals surface area contributed by atoms with Crippen molar-refractivity contribution in [1.29, 1.82) is 0 Å². The van der Waals surface area contributed by atoms with E-state index in [4.69, 9.17) is 10.5 Å². The normalized spacial score (nSPS) is 12.9. The third-order valence-corrected chi connectivity index (χ3v) is 2.42. The van der Waals surface area contributed by atoms with Crippen molar-refractivity contribution in [3.63, 3.8) is 0 Å². The van der Waals surface area contributed by atoms with Gasteiger partial charge in [-0.15, -0.1) is 11.3 Å². The average Bonchev–Trinajstić information content (AvgIpc) is 2.66. The summed E-state index contributed by atoms with van der Waals surface area (Å²) in [5, 5.41) is 1.78. The van der Waals surface area contributed by atoms with Crippen LogP contribution in [-0.2, 0) is 20.7 Å². The Morgan fingerprint density at radius 2 is 2.17 bits per heavy atom. The van der Waals surface area contributed by atoms with Gasteiger partial charge in [0, 0.05) is 11.8 Å². The number of esters is 1. The number of hydrogen-bond acceptors (Lipinski definition) is 7. The second kappa shape index (κ2) is 5.92. The SMILES string of the molecule is CC(C)(C)OC(=O)OC(=O)[C@@H](N)Cc1cscn1. The highest BCUT2D eigenvalue weighted by Crippen LogP contribution is 2.09. The molecule has 0 aliphatic rings. The molecule has 0 bridgehead atoms. The van der Waals surface area contributed by atoms with E-state index in [1.165, 1.54) is 11.3 Å². The fourth-order valence-corrected chi connectivity index (χ4v) is 1.65. The van der Waals surface area contributed by atoms with Gasteiger partial charge in [0.05, 0.1) is 11.2 Å². The van der Waals surface area contributed by atoms with Crippen LogP contribution in [0.15, 0.2) is 10.9 Å². The number of carbonyl (C=O) groups excluding carboxylic acids is 2. The number of rotatable bonds is 3. The topological polar surface area (TPSA) is 91.5 Å². The predicted molar refractivity (Wildman–Crippen MR) is 66.1 cm³/mol. The molecule has 1 atom stereocenters. The first kappa shape index (κ1) is 14.6. The molecule has 1 rings (SSSR count). The molecule has 0 saturated heterocycles. The molecule has 0 saturated carbocycles. The maximum absolute atomic E-state index is 11.5. The first-order chi connectivity index (χ1) is 8.28. The maximum atomic E-state index is 11.5. The Bertz CT molecular complexity index is 411. The van der Waals surface area contributed by atoms with Gasteiger partial charge in [-0.1, -0.05) is 0 Å². The van der Waals surface area contributed by atoms with Crippen LogP contribution in [-0.4, -0.2) is 28.8 Å². The van der Waals surface area contributed by atoms with E-state index in [0.717, 1.165) is 0 Å². The molecule has 18 heavy (non-hydrogen) atoms. The van der Waals surface area contributed by atoms with Crippen molar-refractivity contribution in [2.24, 2.45) is 5.73 Å².